The maximum absolute atomic E-state index is 13.9. The van der Waals surface area contributed by atoms with E-state index >= 15 is 0 Å². The second kappa shape index (κ2) is 15.1. The quantitative estimate of drug-likeness (QED) is 0.0981. The van der Waals surface area contributed by atoms with Gasteiger partial charge in [-0.25, -0.2) is 14.0 Å². The fourth-order valence-electron chi connectivity index (χ4n) is 5.69. The van der Waals surface area contributed by atoms with Gasteiger partial charge in [0, 0.05) is 58.5 Å². The van der Waals surface area contributed by atoms with Crippen molar-refractivity contribution in [1.82, 2.24) is 14.0 Å². The molecule has 9 nitrogen and oxygen atoms in total. The number of piperidine rings is 1. The zero-order chi connectivity index (χ0) is 34.6. The lowest BCUT2D eigenvalue weighted by Crippen LogP contribution is -2.46. The molecular weight excluding hydrogens is 657 g/mol. The van der Waals surface area contributed by atoms with Gasteiger partial charge >= 0.3 is 11.8 Å². The molecule has 1 amide bonds. The molecule has 1 aliphatic heterocycles. The minimum Gasteiger partial charge on any atom is -0.493 e. The Morgan fingerprint density at radius 1 is 0.957 bits per heavy atom. The van der Waals surface area contributed by atoms with E-state index in [9.17, 15) is 19.1 Å². The largest absolute Gasteiger partial charge is 0.493 e. The molecule has 1 saturated heterocycles. The number of imidazole rings is 1. The number of halogens is 2. The first-order valence-electron chi connectivity index (χ1n) is 16.1. The number of ether oxygens (including phenoxy) is 3. The Kier molecular flexibility index (Phi) is 11.9. The van der Waals surface area contributed by atoms with E-state index in [4.69, 9.17) is 25.8 Å². The molecule has 0 aliphatic carbocycles. The average Bonchev–Trinajstić information content (AvgIpc) is 3.25. The molecule has 2 aromatic carbocycles. The number of fused-ring (bicyclic) bond motifs is 1. The standard InChI is InChI=1S/C34H49ClFN3O6Si2/c1-25(45-22-34(26-8-10-28(36)11-9-26)12-14-37(15-13-34)33(41)42)29-20-27(35)21-30-31(29)39(24-44-17-19-47(5,6)7)32(40)38(30)23-43-16-18-46(2,3)4/h8-11,20-21H,1,12-19,22-24H2,2-7H3,(H,41,42). The van der Waals surface area contributed by atoms with Gasteiger partial charge in [-0.15, -0.1) is 0 Å². The van der Waals surface area contributed by atoms with Crippen molar-refractivity contribution in [2.24, 2.45) is 0 Å². The second-order valence-electron chi connectivity index (χ2n) is 14.9. The lowest BCUT2D eigenvalue weighted by molar-refractivity contribution is 0.0753. The summed E-state index contributed by atoms with van der Waals surface area (Å²) in [5.41, 5.74) is 1.74. The molecule has 1 aliphatic rings. The Morgan fingerprint density at radius 2 is 1.51 bits per heavy atom. The van der Waals surface area contributed by atoms with Crippen LogP contribution in [0.2, 0.25) is 56.4 Å². The number of amides is 1. The average molecular weight is 706 g/mol. The molecule has 0 saturated carbocycles. The van der Waals surface area contributed by atoms with Crippen molar-refractivity contribution in [2.75, 3.05) is 32.9 Å². The van der Waals surface area contributed by atoms with Crippen LogP contribution in [0.3, 0.4) is 0 Å². The number of aromatic nitrogens is 2. The van der Waals surface area contributed by atoms with E-state index < -0.39 is 27.7 Å². The van der Waals surface area contributed by atoms with Gasteiger partial charge in [0.05, 0.1) is 17.6 Å². The molecular formula is C34H49ClFN3O6Si2. The summed E-state index contributed by atoms with van der Waals surface area (Å²) in [7, 11) is -2.68. The molecule has 0 bridgehead atoms. The van der Waals surface area contributed by atoms with Gasteiger partial charge < -0.3 is 24.2 Å². The molecule has 1 N–H and O–H groups in total. The van der Waals surface area contributed by atoms with Crippen LogP contribution < -0.4 is 5.69 Å². The van der Waals surface area contributed by atoms with E-state index in [0.717, 1.165) is 17.7 Å². The van der Waals surface area contributed by atoms with Crippen LogP contribution in [0.15, 0.2) is 47.8 Å². The van der Waals surface area contributed by atoms with Crippen molar-refractivity contribution in [3.63, 3.8) is 0 Å². The predicted octanol–water partition coefficient (Wildman–Crippen LogP) is 7.92. The van der Waals surface area contributed by atoms with Crippen LogP contribution in [0.1, 0.15) is 24.0 Å². The van der Waals surface area contributed by atoms with Crippen LogP contribution >= 0.6 is 11.6 Å². The summed E-state index contributed by atoms with van der Waals surface area (Å²) in [5.74, 6) is -0.0372. The van der Waals surface area contributed by atoms with E-state index in [1.165, 1.54) is 17.0 Å². The molecule has 1 fully saturated rings. The Bertz CT molecular complexity index is 1620. The summed E-state index contributed by atoms with van der Waals surface area (Å²) < 4.78 is 35.5. The van der Waals surface area contributed by atoms with E-state index in [2.05, 4.69) is 45.9 Å². The van der Waals surface area contributed by atoms with Gasteiger partial charge in [0.15, 0.2) is 0 Å². The summed E-state index contributed by atoms with van der Waals surface area (Å²) in [6.07, 6.45) is 0.0109. The maximum atomic E-state index is 13.9. The van der Waals surface area contributed by atoms with Gasteiger partial charge in [0.1, 0.15) is 25.0 Å². The lowest BCUT2D eigenvalue weighted by Gasteiger charge is -2.41. The first kappa shape index (κ1) is 36.9. The second-order valence-corrected chi connectivity index (χ2v) is 26.6. The summed E-state index contributed by atoms with van der Waals surface area (Å²) in [6.45, 7) is 19.9. The van der Waals surface area contributed by atoms with Crippen LogP contribution in [0, 0.1) is 5.82 Å². The molecule has 13 heteroatoms. The predicted molar refractivity (Wildman–Crippen MR) is 191 cm³/mol. The Morgan fingerprint density at radius 3 is 2.04 bits per heavy atom. The summed E-state index contributed by atoms with van der Waals surface area (Å²) >= 11 is 6.65. The highest BCUT2D eigenvalue weighted by Crippen LogP contribution is 2.38. The number of rotatable bonds is 15. The van der Waals surface area contributed by atoms with Crippen molar-refractivity contribution in [3.8, 4) is 0 Å². The number of hydrogen-bond acceptors (Lipinski definition) is 5. The van der Waals surface area contributed by atoms with Crippen LogP contribution in [-0.4, -0.2) is 74.3 Å². The number of hydrogen-bond donors (Lipinski definition) is 1. The summed E-state index contributed by atoms with van der Waals surface area (Å²) in [5, 5.41) is 9.96. The van der Waals surface area contributed by atoms with E-state index in [-0.39, 0.29) is 31.6 Å². The van der Waals surface area contributed by atoms with Crippen molar-refractivity contribution in [3.05, 3.63) is 75.4 Å². The van der Waals surface area contributed by atoms with Crippen molar-refractivity contribution in [2.45, 2.75) is 83.1 Å². The number of carboxylic acid groups (broad SMARTS) is 1. The highest BCUT2D eigenvalue weighted by Gasteiger charge is 2.39. The van der Waals surface area contributed by atoms with Crippen LogP contribution in [0.4, 0.5) is 9.18 Å². The van der Waals surface area contributed by atoms with Gasteiger partial charge in [-0.1, -0.05) is 69.6 Å². The smallest absolute Gasteiger partial charge is 0.407 e. The molecule has 0 unspecified atom stereocenters. The molecule has 258 valence electrons. The molecule has 2 heterocycles. The van der Waals surface area contributed by atoms with Crippen molar-refractivity contribution < 1.29 is 28.5 Å². The van der Waals surface area contributed by atoms with Gasteiger partial charge in [-0.2, -0.15) is 0 Å². The lowest BCUT2D eigenvalue weighted by atomic mass is 9.73. The number of carbonyl (C=O) groups is 1. The van der Waals surface area contributed by atoms with Crippen LogP contribution in [0.5, 0.6) is 0 Å². The number of benzene rings is 2. The topological polar surface area (TPSA) is 95.2 Å². The Hall–Kier alpha value is -2.91. The molecule has 0 spiro atoms. The highest BCUT2D eigenvalue weighted by atomic mass is 35.5. The van der Waals surface area contributed by atoms with E-state index in [0.29, 0.717) is 66.5 Å². The zero-order valence-corrected chi connectivity index (χ0v) is 31.3. The van der Waals surface area contributed by atoms with Gasteiger partial charge in [0.2, 0.25) is 0 Å². The monoisotopic (exact) mass is 705 g/mol. The van der Waals surface area contributed by atoms with E-state index in [1.54, 1.807) is 33.4 Å². The Labute approximate surface area is 283 Å². The summed E-state index contributed by atoms with van der Waals surface area (Å²) in [4.78, 5) is 26.9. The van der Waals surface area contributed by atoms with Crippen molar-refractivity contribution >= 4 is 50.6 Å². The SMILES string of the molecule is C=C(OCC1(c2ccc(F)cc2)CCN(C(=O)O)CC1)c1cc(Cl)cc2c1n(COCC[Si](C)(C)C)c(=O)n2COCC[Si](C)(C)C. The van der Waals surface area contributed by atoms with Crippen molar-refractivity contribution in [1.29, 1.82) is 0 Å². The molecule has 0 atom stereocenters. The molecule has 4 rings (SSSR count). The third kappa shape index (κ3) is 9.59. The molecule has 0 radical (unpaired) electrons. The van der Waals surface area contributed by atoms with E-state index in [1.807, 2.05) is 0 Å². The Balaban J connectivity index is 1.67. The van der Waals surface area contributed by atoms with Crippen LogP contribution in [0.25, 0.3) is 16.8 Å². The fraction of sp³-hybridized carbons (Fsp3) is 0.529. The minimum atomic E-state index is -1.35. The maximum Gasteiger partial charge on any atom is 0.407 e. The number of likely N-dealkylation sites (tertiary alicyclic amines) is 1. The zero-order valence-electron chi connectivity index (χ0n) is 28.5. The fourth-order valence-corrected chi connectivity index (χ4v) is 7.42. The first-order chi connectivity index (χ1) is 22.0. The minimum absolute atomic E-state index is 0.0498. The van der Waals surface area contributed by atoms with Gasteiger partial charge in [-0.05, 0) is 54.8 Å². The van der Waals surface area contributed by atoms with Crippen LogP contribution in [-0.2, 0) is 33.1 Å². The number of nitrogens with zero attached hydrogens (tertiary/aromatic N) is 3. The molecule has 3 aromatic rings. The third-order valence-electron chi connectivity index (χ3n) is 8.78. The normalized spacial score (nSPS) is 15.3. The third-order valence-corrected chi connectivity index (χ3v) is 12.4. The highest BCUT2D eigenvalue weighted by molar-refractivity contribution is 6.76. The summed E-state index contributed by atoms with van der Waals surface area (Å²) in [6, 6.07) is 11.7. The van der Waals surface area contributed by atoms with Gasteiger partial charge in [-0.3, -0.25) is 9.13 Å². The molecule has 47 heavy (non-hydrogen) atoms. The van der Waals surface area contributed by atoms with Gasteiger partial charge in [0.25, 0.3) is 0 Å². The first-order valence-corrected chi connectivity index (χ1v) is 23.9. The molecule has 1 aromatic heterocycles.